The maximum atomic E-state index is 11.2. The van der Waals surface area contributed by atoms with Crippen molar-refractivity contribution >= 4 is 5.97 Å². The molecule has 1 heterocycles. The van der Waals surface area contributed by atoms with E-state index in [1.54, 1.807) is 0 Å². The number of carboxylic acids is 1. The molecule has 2 atom stereocenters. The van der Waals surface area contributed by atoms with Gasteiger partial charge < -0.3 is 10.0 Å². The molecule has 0 aromatic rings. The van der Waals surface area contributed by atoms with Crippen LogP contribution in [0.4, 0.5) is 0 Å². The number of carboxylic acid groups (broad SMARTS) is 1. The number of carbonyl (C=O) groups is 1. The lowest BCUT2D eigenvalue weighted by Crippen LogP contribution is -2.41. The minimum atomic E-state index is -0.569. The fourth-order valence-electron chi connectivity index (χ4n) is 3.33. The van der Waals surface area contributed by atoms with Gasteiger partial charge in [0.15, 0.2) is 0 Å². The standard InChI is InChI=1S/C14H25NO2/c1-11-6-8-15(9-7-11)10-12-4-2-3-5-13(12)14(16)17/h11-13H,2-10H2,1H3,(H,16,17). The summed E-state index contributed by atoms with van der Waals surface area (Å²) in [5.74, 6) is 0.603. The van der Waals surface area contributed by atoms with E-state index in [1.165, 1.54) is 32.4 Å². The van der Waals surface area contributed by atoms with Crippen LogP contribution in [-0.2, 0) is 4.79 Å². The molecule has 0 amide bonds. The number of aliphatic carboxylic acids is 1. The van der Waals surface area contributed by atoms with Gasteiger partial charge in [-0.1, -0.05) is 19.8 Å². The van der Waals surface area contributed by atoms with E-state index in [1.807, 2.05) is 0 Å². The highest BCUT2D eigenvalue weighted by Crippen LogP contribution is 2.31. The van der Waals surface area contributed by atoms with E-state index in [0.717, 1.165) is 31.7 Å². The molecule has 2 aliphatic rings. The van der Waals surface area contributed by atoms with Gasteiger partial charge in [-0.2, -0.15) is 0 Å². The molecule has 98 valence electrons. The Kier molecular flexibility index (Phi) is 4.43. The van der Waals surface area contributed by atoms with E-state index in [-0.39, 0.29) is 5.92 Å². The molecular formula is C14H25NO2. The molecule has 3 nitrogen and oxygen atoms in total. The summed E-state index contributed by atoms with van der Waals surface area (Å²) in [6, 6.07) is 0. The van der Waals surface area contributed by atoms with Crippen molar-refractivity contribution in [2.24, 2.45) is 17.8 Å². The van der Waals surface area contributed by atoms with Crippen LogP contribution in [0.1, 0.15) is 45.4 Å². The van der Waals surface area contributed by atoms with Crippen LogP contribution < -0.4 is 0 Å². The molecule has 1 aliphatic heterocycles. The summed E-state index contributed by atoms with van der Waals surface area (Å²) in [5.41, 5.74) is 0. The van der Waals surface area contributed by atoms with Crippen LogP contribution in [0, 0.1) is 17.8 Å². The largest absolute Gasteiger partial charge is 0.481 e. The molecule has 0 bridgehead atoms. The van der Waals surface area contributed by atoms with Crippen molar-refractivity contribution < 1.29 is 9.90 Å². The summed E-state index contributed by atoms with van der Waals surface area (Å²) >= 11 is 0. The Hall–Kier alpha value is -0.570. The molecular weight excluding hydrogens is 214 g/mol. The van der Waals surface area contributed by atoms with E-state index in [4.69, 9.17) is 0 Å². The van der Waals surface area contributed by atoms with Gasteiger partial charge in [0, 0.05) is 6.54 Å². The number of likely N-dealkylation sites (tertiary alicyclic amines) is 1. The summed E-state index contributed by atoms with van der Waals surface area (Å²) in [6.45, 7) is 5.68. The van der Waals surface area contributed by atoms with Crippen LogP contribution in [0.5, 0.6) is 0 Å². The molecule has 2 unspecified atom stereocenters. The summed E-state index contributed by atoms with van der Waals surface area (Å²) in [6.07, 6.45) is 6.89. The second-order valence-electron chi connectivity index (χ2n) is 5.97. The van der Waals surface area contributed by atoms with Crippen molar-refractivity contribution in [2.75, 3.05) is 19.6 Å². The number of piperidine rings is 1. The van der Waals surface area contributed by atoms with Gasteiger partial charge >= 0.3 is 5.97 Å². The molecule has 1 N–H and O–H groups in total. The third-order valence-corrected chi connectivity index (χ3v) is 4.60. The predicted octanol–water partition coefficient (Wildman–Crippen LogP) is 2.61. The lowest BCUT2D eigenvalue weighted by molar-refractivity contribution is -0.145. The van der Waals surface area contributed by atoms with Gasteiger partial charge in [-0.05, 0) is 50.6 Å². The molecule has 0 aromatic carbocycles. The summed E-state index contributed by atoms with van der Waals surface area (Å²) in [4.78, 5) is 13.7. The third kappa shape index (κ3) is 3.44. The van der Waals surface area contributed by atoms with Crippen LogP contribution in [0.15, 0.2) is 0 Å². The summed E-state index contributed by atoms with van der Waals surface area (Å²) in [7, 11) is 0. The highest BCUT2D eigenvalue weighted by Gasteiger charge is 2.32. The first-order chi connectivity index (χ1) is 8.16. The van der Waals surface area contributed by atoms with Crippen LogP contribution in [0.3, 0.4) is 0 Å². The Morgan fingerprint density at radius 1 is 1.18 bits per heavy atom. The Bertz CT molecular complexity index is 259. The quantitative estimate of drug-likeness (QED) is 0.823. The summed E-state index contributed by atoms with van der Waals surface area (Å²) in [5, 5.41) is 9.26. The second-order valence-corrected chi connectivity index (χ2v) is 5.97. The number of hydrogen-bond acceptors (Lipinski definition) is 2. The normalized spacial score (nSPS) is 32.5. The predicted molar refractivity (Wildman–Crippen MR) is 67.9 cm³/mol. The third-order valence-electron chi connectivity index (χ3n) is 4.60. The molecule has 2 rings (SSSR count). The van der Waals surface area contributed by atoms with Crippen molar-refractivity contribution in [3.05, 3.63) is 0 Å². The Morgan fingerprint density at radius 3 is 2.47 bits per heavy atom. The van der Waals surface area contributed by atoms with E-state index >= 15 is 0 Å². The lowest BCUT2D eigenvalue weighted by Gasteiger charge is -2.36. The van der Waals surface area contributed by atoms with Gasteiger partial charge in [-0.15, -0.1) is 0 Å². The molecule has 2 fully saturated rings. The first-order valence-electron chi connectivity index (χ1n) is 7.12. The number of hydrogen-bond donors (Lipinski definition) is 1. The minimum absolute atomic E-state index is 0.0805. The van der Waals surface area contributed by atoms with Crippen LogP contribution in [0.25, 0.3) is 0 Å². The highest BCUT2D eigenvalue weighted by atomic mass is 16.4. The molecule has 0 aromatic heterocycles. The smallest absolute Gasteiger partial charge is 0.306 e. The molecule has 1 saturated carbocycles. The van der Waals surface area contributed by atoms with Gasteiger partial charge in [0.1, 0.15) is 0 Å². The number of rotatable bonds is 3. The lowest BCUT2D eigenvalue weighted by atomic mass is 9.78. The highest BCUT2D eigenvalue weighted by molar-refractivity contribution is 5.70. The maximum Gasteiger partial charge on any atom is 0.306 e. The van der Waals surface area contributed by atoms with E-state index in [2.05, 4.69) is 11.8 Å². The maximum absolute atomic E-state index is 11.2. The van der Waals surface area contributed by atoms with Crippen molar-refractivity contribution in [1.29, 1.82) is 0 Å². The molecule has 0 spiro atoms. The molecule has 3 heteroatoms. The van der Waals surface area contributed by atoms with Crippen molar-refractivity contribution in [3.8, 4) is 0 Å². The van der Waals surface area contributed by atoms with Gasteiger partial charge in [-0.3, -0.25) is 4.79 Å². The van der Waals surface area contributed by atoms with Crippen molar-refractivity contribution in [2.45, 2.75) is 45.4 Å². The Morgan fingerprint density at radius 2 is 1.82 bits per heavy atom. The Labute approximate surface area is 104 Å². The van der Waals surface area contributed by atoms with E-state index in [0.29, 0.717) is 5.92 Å². The fourth-order valence-corrected chi connectivity index (χ4v) is 3.33. The van der Waals surface area contributed by atoms with Crippen LogP contribution in [-0.4, -0.2) is 35.6 Å². The van der Waals surface area contributed by atoms with Gasteiger partial charge in [0.2, 0.25) is 0 Å². The van der Waals surface area contributed by atoms with E-state index in [9.17, 15) is 9.90 Å². The van der Waals surface area contributed by atoms with Crippen molar-refractivity contribution in [1.82, 2.24) is 4.90 Å². The zero-order chi connectivity index (χ0) is 12.3. The average Bonchev–Trinajstić information content (AvgIpc) is 2.32. The van der Waals surface area contributed by atoms with Crippen LogP contribution >= 0.6 is 0 Å². The average molecular weight is 239 g/mol. The summed E-state index contributed by atoms with van der Waals surface area (Å²) < 4.78 is 0. The van der Waals surface area contributed by atoms with Gasteiger partial charge in [-0.25, -0.2) is 0 Å². The monoisotopic (exact) mass is 239 g/mol. The van der Waals surface area contributed by atoms with Crippen molar-refractivity contribution in [3.63, 3.8) is 0 Å². The van der Waals surface area contributed by atoms with E-state index < -0.39 is 5.97 Å². The first-order valence-corrected chi connectivity index (χ1v) is 7.12. The topological polar surface area (TPSA) is 40.5 Å². The zero-order valence-electron chi connectivity index (χ0n) is 10.9. The molecule has 17 heavy (non-hydrogen) atoms. The fraction of sp³-hybridized carbons (Fsp3) is 0.929. The minimum Gasteiger partial charge on any atom is -0.481 e. The van der Waals surface area contributed by atoms with Gasteiger partial charge in [0.05, 0.1) is 5.92 Å². The first kappa shape index (κ1) is 12.9. The SMILES string of the molecule is CC1CCN(CC2CCCCC2C(=O)O)CC1. The second kappa shape index (κ2) is 5.85. The molecule has 1 aliphatic carbocycles. The Balaban J connectivity index is 1.85. The molecule has 1 saturated heterocycles. The molecule has 0 radical (unpaired) electrons. The van der Waals surface area contributed by atoms with Gasteiger partial charge in [0.25, 0.3) is 0 Å². The zero-order valence-corrected chi connectivity index (χ0v) is 10.9. The number of nitrogens with zero attached hydrogens (tertiary/aromatic N) is 1. The van der Waals surface area contributed by atoms with Crippen LogP contribution in [0.2, 0.25) is 0 Å².